The number of hydrogen-bond acceptors (Lipinski definition) is 2. The lowest BCUT2D eigenvalue weighted by molar-refractivity contribution is -0.137. The van der Waals surface area contributed by atoms with Crippen LogP contribution in [0.25, 0.3) is 11.3 Å². The molecule has 1 heterocycles. The van der Waals surface area contributed by atoms with Crippen LogP contribution in [0.4, 0.5) is 13.2 Å². The summed E-state index contributed by atoms with van der Waals surface area (Å²) < 4.78 is 37.0. The highest BCUT2D eigenvalue weighted by molar-refractivity contribution is 5.58. The van der Waals surface area contributed by atoms with E-state index in [9.17, 15) is 22.8 Å². The molecule has 4 nitrogen and oxygen atoms in total. The van der Waals surface area contributed by atoms with Gasteiger partial charge in [-0.3, -0.25) is 9.78 Å². The Kier molecular flexibility index (Phi) is 2.82. The summed E-state index contributed by atoms with van der Waals surface area (Å²) in [5, 5.41) is 0. The summed E-state index contributed by atoms with van der Waals surface area (Å²) in [5.41, 5.74) is -1.63. The van der Waals surface area contributed by atoms with Gasteiger partial charge in [0.15, 0.2) is 0 Å². The first-order valence-corrected chi connectivity index (χ1v) is 4.87. The molecule has 2 rings (SSSR count). The number of hydrogen-bond donors (Lipinski definition) is 2. The smallest absolute Gasteiger partial charge is 0.307 e. The summed E-state index contributed by atoms with van der Waals surface area (Å²) >= 11 is 0. The van der Waals surface area contributed by atoms with E-state index in [4.69, 9.17) is 0 Å². The van der Waals surface area contributed by atoms with Crippen LogP contribution in [-0.4, -0.2) is 9.97 Å². The predicted molar refractivity (Wildman–Crippen MR) is 58.1 cm³/mol. The van der Waals surface area contributed by atoms with Crippen molar-refractivity contribution in [2.45, 2.75) is 6.18 Å². The van der Waals surface area contributed by atoms with Gasteiger partial charge in [-0.2, -0.15) is 13.2 Å². The molecular weight excluding hydrogens is 249 g/mol. The van der Waals surface area contributed by atoms with Crippen molar-refractivity contribution in [2.24, 2.45) is 0 Å². The van der Waals surface area contributed by atoms with E-state index in [0.29, 0.717) is 5.56 Å². The molecule has 2 aromatic rings. The zero-order valence-electron chi connectivity index (χ0n) is 8.84. The molecule has 18 heavy (non-hydrogen) atoms. The van der Waals surface area contributed by atoms with Crippen LogP contribution in [0.1, 0.15) is 5.56 Å². The summed E-state index contributed by atoms with van der Waals surface area (Å²) in [6.07, 6.45) is -4.42. The SMILES string of the molecule is O=c1cc(-c2ccc(C(F)(F)F)cc2)[nH]c(=O)[nH]1. The minimum absolute atomic E-state index is 0.164. The molecule has 1 aromatic heterocycles. The van der Waals surface area contributed by atoms with E-state index >= 15 is 0 Å². The number of H-pyrrole nitrogens is 2. The van der Waals surface area contributed by atoms with Gasteiger partial charge in [0.05, 0.1) is 11.3 Å². The maximum Gasteiger partial charge on any atom is 0.416 e. The van der Waals surface area contributed by atoms with Gasteiger partial charge in [-0.05, 0) is 17.7 Å². The number of rotatable bonds is 1. The molecule has 1 aromatic carbocycles. The van der Waals surface area contributed by atoms with Crippen LogP contribution in [0.5, 0.6) is 0 Å². The first-order chi connectivity index (χ1) is 8.36. The van der Waals surface area contributed by atoms with Crippen LogP contribution in [0, 0.1) is 0 Å². The molecule has 0 amide bonds. The van der Waals surface area contributed by atoms with E-state index in [2.05, 4.69) is 4.98 Å². The maximum atomic E-state index is 12.3. The first kappa shape index (κ1) is 12.2. The molecule has 0 unspecified atom stereocenters. The van der Waals surface area contributed by atoms with Gasteiger partial charge in [-0.1, -0.05) is 12.1 Å². The van der Waals surface area contributed by atoms with E-state index in [0.717, 1.165) is 18.2 Å². The van der Waals surface area contributed by atoms with E-state index in [-0.39, 0.29) is 5.69 Å². The van der Waals surface area contributed by atoms with Crippen LogP contribution >= 0.6 is 0 Å². The van der Waals surface area contributed by atoms with Crippen molar-refractivity contribution in [3.8, 4) is 11.3 Å². The van der Waals surface area contributed by atoms with Gasteiger partial charge in [-0.25, -0.2) is 4.79 Å². The summed E-state index contributed by atoms with van der Waals surface area (Å²) in [7, 11) is 0. The maximum absolute atomic E-state index is 12.3. The van der Waals surface area contributed by atoms with Crippen molar-refractivity contribution in [3.63, 3.8) is 0 Å². The van der Waals surface area contributed by atoms with Crippen molar-refractivity contribution in [1.82, 2.24) is 9.97 Å². The summed E-state index contributed by atoms with van der Waals surface area (Å²) in [4.78, 5) is 26.4. The molecule has 7 heteroatoms. The molecule has 0 atom stereocenters. The molecule has 0 bridgehead atoms. The molecule has 0 fully saturated rings. The molecule has 0 saturated heterocycles. The third kappa shape index (κ3) is 2.50. The van der Waals surface area contributed by atoms with Crippen molar-refractivity contribution >= 4 is 0 Å². The van der Waals surface area contributed by atoms with Crippen molar-refractivity contribution < 1.29 is 13.2 Å². The molecule has 0 aliphatic carbocycles. The van der Waals surface area contributed by atoms with Crippen LogP contribution in [0.3, 0.4) is 0 Å². The van der Waals surface area contributed by atoms with Crippen molar-refractivity contribution in [1.29, 1.82) is 0 Å². The third-order valence-electron chi connectivity index (χ3n) is 2.28. The lowest BCUT2D eigenvalue weighted by Gasteiger charge is -2.07. The molecule has 0 aliphatic rings. The second kappa shape index (κ2) is 4.17. The number of alkyl halides is 3. The molecule has 0 radical (unpaired) electrons. The number of aromatic amines is 2. The van der Waals surface area contributed by atoms with Gasteiger partial charge in [0.2, 0.25) is 0 Å². The molecular formula is C11H7F3N2O2. The van der Waals surface area contributed by atoms with Gasteiger partial charge >= 0.3 is 11.9 Å². The van der Waals surface area contributed by atoms with Gasteiger partial charge in [0.25, 0.3) is 5.56 Å². The van der Waals surface area contributed by atoms with Gasteiger partial charge in [0.1, 0.15) is 0 Å². The van der Waals surface area contributed by atoms with E-state index in [1.165, 1.54) is 12.1 Å². The van der Waals surface area contributed by atoms with Crippen LogP contribution in [0.15, 0.2) is 39.9 Å². The van der Waals surface area contributed by atoms with Gasteiger partial charge in [-0.15, -0.1) is 0 Å². The normalized spacial score (nSPS) is 11.5. The van der Waals surface area contributed by atoms with Gasteiger partial charge in [0, 0.05) is 6.07 Å². The predicted octanol–water partition coefficient (Wildman–Crippen LogP) is 1.75. The fraction of sp³-hybridized carbons (Fsp3) is 0.0909. The van der Waals surface area contributed by atoms with E-state index in [1.807, 2.05) is 4.98 Å². The highest BCUT2D eigenvalue weighted by Crippen LogP contribution is 2.30. The molecule has 0 aliphatic heterocycles. The average molecular weight is 256 g/mol. The first-order valence-electron chi connectivity index (χ1n) is 4.87. The van der Waals surface area contributed by atoms with Crippen LogP contribution in [-0.2, 0) is 6.18 Å². The second-order valence-electron chi connectivity index (χ2n) is 3.58. The Hall–Kier alpha value is -2.31. The zero-order chi connectivity index (χ0) is 13.3. The Morgan fingerprint density at radius 3 is 2.06 bits per heavy atom. The van der Waals surface area contributed by atoms with Crippen molar-refractivity contribution in [3.05, 3.63) is 56.7 Å². The van der Waals surface area contributed by atoms with E-state index in [1.54, 1.807) is 0 Å². The molecule has 0 saturated carbocycles. The fourth-order valence-corrected chi connectivity index (χ4v) is 1.46. The topological polar surface area (TPSA) is 65.7 Å². The lowest BCUT2D eigenvalue weighted by Crippen LogP contribution is -2.21. The standard InChI is InChI=1S/C11H7F3N2O2/c12-11(13,14)7-3-1-6(2-4-7)8-5-9(17)16-10(18)15-8/h1-5H,(H2,15,16,17,18). The number of benzene rings is 1. The van der Waals surface area contributed by atoms with Gasteiger partial charge < -0.3 is 4.98 Å². The second-order valence-corrected chi connectivity index (χ2v) is 3.58. The summed E-state index contributed by atoms with van der Waals surface area (Å²) in [5.74, 6) is 0. The largest absolute Gasteiger partial charge is 0.416 e. The van der Waals surface area contributed by atoms with E-state index < -0.39 is 23.0 Å². The molecule has 2 N–H and O–H groups in total. The highest BCUT2D eigenvalue weighted by Gasteiger charge is 2.29. The van der Waals surface area contributed by atoms with Crippen LogP contribution < -0.4 is 11.2 Å². The molecule has 0 spiro atoms. The monoisotopic (exact) mass is 256 g/mol. The zero-order valence-corrected chi connectivity index (χ0v) is 8.84. The molecule has 94 valence electrons. The minimum Gasteiger partial charge on any atom is -0.307 e. The number of nitrogens with one attached hydrogen (secondary N) is 2. The lowest BCUT2D eigenvalue weighted by atomic mass is 10.1. The average Bonchev–Trinajstić information content (AvgIpc) is 2.27. The number of aromatic nitrogens is 2. The fourth-order valence-electron chi connectivity index (χ4n) is 1.46. The summed E-state index contributed by atoms with van der Waals surface area (Å²) in [6, 6.07) is 5.24. The van der Waals surface area contributed by atoms with Crippen molar-refractivity contribution in [2.75, 3.05) is 0 Å². The Labute approximate surface area is 98.1 Å². The Bertz CT molecular complexity index is 640. The summed E-state index contributed by atoms with van der Waals surface area (Å²) in [6.45, 7) is 0. The Balaban J connectivity index is 2.47. The quantitative estimate of drug-likeness (QED) is 0.816. The van der Waals surface area contributed by atoms with Crippen LogP contribution in [0.2, 0.25) is 0 Å². The number of halogens is 3. The Morgan fingerprint density at radius 2 is 1.56 bits per heavy atom. The minimum atomic E-state index is -4.42. The highest BCUT2D eigenvalue weighted by atomic mass is 19.4. The Morgan fingerprint density at radius 1 is 0.944 bits per heavy atom. The third-order valence-corrected chi connectivity index (χ3v) is 2.28.